The normalized spacial score (nSPS) is 22.3. The van der Waals surface area contributed by atoms with Gasteiger partial charge in [0.2, 0.25) is 0 Å². The van der Waals surface area contributed by atoms with E-state index in [9.17, 15) is 14.4 Å². The Kier molecular flexibility index (Phi) is 5.46. The fourth-order valence-electron chi connectivity index (χ4n) is 4.54. The number of benzene rings is 2. The molecule has 2 aliphatic rings. The molecule has 5 nitrogen and oxygen atoms in total. The monoisotopic (exact) mass is 404 g/mol. The summed E-state index contributed by atoms with van der Waals surface area (Å²) in [5.41, 5.74) is 2.42. The second-order valence-corrected chi connectivity index (χ2v) is 8.69. The van der Waals surface area contributed by atoms with Crippen LogP contribution in [0, 0.1) is 6.92 Å². The molecule has 5 heteroatoms. The van der Waals surface area contributed by atoms with Crippen molar-refractivity contribution < 1.29 is 14.4 Å². The average Bonchev–Trinajstić information content (AvgIpc) is 2.98. The minimum atomic E-state index is -1.16. The second-order valence-electron chi connectivity index (χ2n) is 8.69. The summed E-state index contributed by atoms with van der Waals surface area (Å²) in [5.74, 6) is -0.0607. The van der Waals surface area contributed by atoms with Gasteiger partial charge in [0.15, 0.2) is 5.78 Å². The highest BCUT2D eigenvalue weighted by molar-refractivity contribution is 6.11. The molecule has 1 heterocycles. The molecule has 0 aromatic heterocycles. The van der Waals surface area contributed by atoms with Gasteiger partial charge in [0.05, 0.1) is 6.54 Å². The summed E-state index contributed by atoms with van der Waals surface area (Å²) in [7, 11) is 0. The van der Waals surface area contributed by atoms with Gasteiger partial charge in [-0.25, -0.2) is 4.79 Å². The number of carbonyl (C=O) groups excluding carboxylic acids is 3. The molecule has 1 atom stereocenters. The molecular formula is C25H28N2O3. The molecule has 2 fully saturated rings. The molecular weight excluding hydrogens is 376 g/mol. The molecule has 1 aliphatic heterocycles. The fourth-order valence-corrected chi connectivity index (χ4v) is 4.54. The topological polar surface area (TPSA) is 66.5 Å². The van der Waals surface area contributed by atoms with Crippen LogP contribution in [0.25, 0.3) is 0 Å². The van der Waals surface area contributed by atoms with Crippen LogP contribution in [0.3, 0.4) is 0 Å². The number of aryl methyl sites for hydroxylation is 1. The van der Waals surface area contributed by atoms with Crippen molar-refractivity contribution in [3.63, 3.8) is 0 Å². The van der Waals surface area contributed by atoms with Gasteiger partial charge in [-0.1, -0.05) is 73.4 Å². The van der Waals surface area contributed by atoms with Gasteiger partial charge >= 0.3 is 6.03 Å². The number of ketones is 1. The number of imide groups is 1. The van der Waals surface area contributed by atoms with E-state index in [1.807, 2.05) is 55.5 Å². The van der Waals surface area contributed by atoms with Crippen LogP contribution in [-0.2, 0) is 10.3 Å². The van der Waals surface area contributed by atoms with Crippen molar-refractivity contribution in [3.8, 4) is 0 Å². The molecule has 1 saturated carbocycles. The number of Topliss-reactive ketones (excluding diaryl/α,β-unsaturated/α-hetero) is 1. The molecule has 0 spiro atoms. The number of amides is 3. The average molecular weight is 405 g/mol. The molecule has 3 amide bonds. The zero-order valence-electron chi connectivity index (χ0n) is 17.6. The summed E-state index contributed by atoms with van der Waals surface area (Å²) in [6.07, 6.45) is 6.23. The van der Waals surface area contributed by atoms with Crippen molar-refractivity contribution in [3.05, 3.63) is 70.8 Å². The first-order chi connectivity index (χ1) is 14.4. The Morgan fingerprint density at radius 2 is 1.63 bits per heavy atom. The molecule has 2 aromatic carbocycles. The summed E-state index contributed by atoms with van der Waals surface area (Å²) in [6, 6.07) is 14.6. The smallest absolute Gasteiger partial charge is 0.319 e. The molecule has 1 N–H and O–H groups in total. The quantitative estimate of drug-likeness (QED) is 0.581. The minimum absolute atomic E-state index is 0.234. The molecule has 0 radical (unpaired) electrons. The third kappa shape index (κ3) is 3.76. The Balaban J connectivity index is 1.47. The maximum atomic E-state index is 13.0. The van der Waals surface area contributed by atoms with Crippen molar-refractivity contribution in [1.82, 2.24) is 10.2 Å². The zero-order valence-corrected chi connectivity index (χ0v) is 17.6. The van der Waals surface area contributed by atoms with Crippen molar-refractivity contribution >= 4 is 17.7 Å². The van der Waals surface area contributed by atoms with E-state index < -0.39 is 17.5 Å². The van der Waals surface area contributed by atoms with Crippen LogP contribution in [0.15, 0.2) is 48.5 Å². The zero-order chi connectivity index (χ0) is 21.3. The predicted octanol–water partition coefficient (Wildman–Crippen LogP) is 4.69. The van der Waals surface area contributed by atoms with Crippen LogP contribution >= 0.6 is 0 Å². The number of nitrogens with zero attached hydrogens (tertiary/aromatic N) is 1. The summed E-state index contributed by atoms with van der Waals surface area (Å²) in [4.78, 5) is 39.4. The summed E-state index contributed by atoms with van der Waals surface area (Å²) in [6.45, 7) is 3.39. The van der Waals surface area contributed by atoms with Crippen LogP contribution in [0.2, 0.25) is 0 Å². The maximum Gasteiger partial charge on any atom is 0.325 e. The molecule has 0 bridgehead atoms. The highest BCUT2D eigenvalue weighted by atomic mass is 16.2. The number of hydrogen-bond acceptors (Lipinski definition) is 3. The lowest BCUT2D eigenvalue weighted by atomic mass is 9.84. The minimum Gasteiger partial charge on any atom is -0.319 e. The SMILES string of the molecule is Cc1ccc(C2(C)NC(=O)N(CC(=O)c3ccc(C4CCCCC4)cc3)C2=O)cc1. The van der Waals surface area contributed by atoms with Gasteiger partial charge in [-0.3, -0.25) is 14.5 Å². The number of urea groups is 1. The number of carbonyl (C=O) groups is 3. The first-order valence-corrected chi connectivity index (χ1v) is 10.7. The van der Waals surface area contributed by atoms with Gasteiger partial charge in [0, 0.05) is 5.56 Å². The van der Waals surface area contributed by atoms with Crippen molar-refractivity contribution in [1.29, 1.82) is 0 Å². The van der Waals surface area contributed by atoms with Crippen LogP contribution in [0.1, 0.15) is 72.0 Å². The molecule has 1 unspecified atom stereocenters. The lowest BCUT2D eigenvalue weighted by molar-refractivity contribution is -0.130. The first-order valence-electron chi connectivity index (χ1n) is 10.7. The van der Waals surface area contributed by atoms with Crippen LogP contribution in [0.4, 0.5) is 4.79 Å². The maximum absolute atomic E-state index is 13.0. The van der Waals surface area contributed by atoms with Gasteiger partial charge in [0.1, 0.15) is 5.54 Å². The molecule has 1 aliphatic carbocycles. The molecule has 2 aromatic rings. The van der Waals surface area contributed by atoms with E-state index in [0.717, 1.165) is 10.5 Å². The molecule has 1 saturated heterocycles. The second kappa shape index (κ2) is 8.05. The van der Waals surface area contributed by atoms with Gasteiger partial charge in [-0.15, -0.1) is 0 Å². The number of nitrogens with one attached hydrogen (secondary N) is 1. The highest BCUT2D eigenvalue weighted by Gasteiger charge is 2.49. The van der Waals surface area contributed by atoms with E-state index in [1.54, 1.807) is 6.92 Å². The van der Waals surface area contributed by atoms with Crippen LogP contribution in [-0.4, -0.2) is 29.2 Å². The van der Waals surface area contributed by atoms with E-state index in [4.69, 9.17) is 0 Å². The van der Waals surface area contributed by atoms with Gasteiger partial charge in [-0.05, 0) is 43.7 Å². The van der Waals surface area contributed by atoms with Gasteiger partial charge in [0.25, 0.3) is 5.91 Å². The third-order valence-electron chi connectivity index (χ3n) is 6.51. The molecule has 156 valence electrons. The summed E-state index contributed by atoms with van der Waals surface area (Å²) in [5, 5.41) is 2.76. The number of hydrogen-bond donors (Lipinski definition) is 1. The summed E-state index contributed by atoms with van der Waals surface area (Å²) < 4.78 is 0. The van der Waals surface area contributed by atoms with Gasteiger partial charge < -0.3 is 5.32 Å². The van der Waals surface area contributed by atoms with E-state index >= 15 is 0 Å². The Morgan fingerprint density at radius 3 is 2.27 bits per heavy atom. The number of rotatable bonds is 5. The Morgan fingerprint density at radius 1 is 1.00 bits per heavy atom. The van der Waals surface area contributed by atoms with E-state index in [1.165, 1.54) is 37.7 Å². The lowest BCUT2D eigenvalue weighted by Crippen LogP contribution is -2.41. The van der Waals surface area contributed by atoms with Gasteiger partial charge in [-0.2, -0.15) is 0 Å². The molecule has 4 rings (SSSR count). The largest absolute Gasteiger partial charge is 0.325 e. The van der Waals surface area contributed by atoms with E-state index in [0.29, 0.717) is 17.0 Å². The van der Waals surface area contributed by atoms with Crippen molar-refractivity contribution in [2.45, 2.75) is 57.4 Å². The van der Waals surface area contributed by atoms with E-state index in [-0.39, 0.29) is 12.3 Å². The third-order valence-corrected chi connectivity index (χ3v) is 6.51. The van der Waals surface area contributed by atoms with E-state index in [2.05, 4.69) is 5.32 Å². The van der Waals surface area contributed by atoms with Crippen molar-refractivity contribution in [2.24, 2.45) is 0 Å². The van der Waals surface area contributed by atoms with Crippen LogP contribution < -0.4 is 5.32 Å². The van der Waals surface area contributed by atoms with Crippen LogP contribution in [0.5, 0.6) is 0 Å². The summed E-state index contributed by atoms with van der Waals surface area (Å²) >= 11 is 0. The fraction of sp³-hybridized carbons (Fsp3) is 0.400. The predicted molar refractivity (Wildman–Crippen MR) is 115 cm³/mol. The molecule has 30 heavy (non-hydrogen) atoms. The Labute approximate surface area is 177 Å². The highest BCUT2D eigenvalue weighted by Crippen LogP contribution is 2.33. The standard InChI is InChI=1S/C25H28N2O3/c1-17-8-14-21(15-9-17)25(2)23(29)27(24(30)26-25)16-22(28)20-12-10-19(11-13-20)18-6-4-3-5-7-18/h8-15,18H,3-7,16H2,1-2H3,(H,26,30). The van der Waals surface area contributed by atoms with Crippen molar-refractivity contribution in [2.75, 3.05) is 6.54 Å². The first kappa shape index (κ1) is 20.3. The Bertz CT molecular complexity index is 959. The lowest BCUT2D eigenvalue weighted by Gasteiger charge is -2.22. The Hall–Kier alpha value is -2.95.